The zero-order valence-corrected chi connectivity index (χ0v) is 12.9. The lowest BCUT2D eigenvalue weighted by Gasteiger charge is -2.27. The van der Waals surface area contributed by atoms with Crippen molar-refractivity contribution in [3.8, 4) is 0 Å². The van der Waals surface area contributed by atoms with Crippen LogP contribution in [-0.4, -0.2) is 37.4 Å². The number of halogens is 4. The van der Waals surface area contributed by atoms with Gasteiger partial charge in [-0.05, 0) is 30.5 Å². The first-order valence-electron chi connectivity index (χ1n) is 7.55. The van der Waals surface area contributed by atoms with Crippen LogP contribution in [0.3, 0.4) is 0 Å². The van der Waals surface area contributed by atoms with Gasteiger partial charge in [-0.25, -0.2) is 4.39 Å². The molecule has 1 aliphatic rings. The lowest BCUT2D eigenvalue weighted by atomic mass is 9.84. The molecule has 1 aromatic carbocycles. The number of carbonyl (C=O) groups is 1. The fourth-order valence-electron chi connectivity index (χ4n) is 2.67. The Labute approximate surface area is 136 Å². The van der Waals surface area contributed by atoms with Crippen LogP contribution in [0.1, 0.15) is 30.1 Å². The largest absolute Gasteiger partial charge is 0.416 e. The van der Waals surface area contributed by atoms with Crippen LogP contribution in [0.15, 0.2) is 24.3 Å². The van der Waals surface area contributed by atoms with E-state index >= 15 is 0 Å². The zero-order valence-electron chi connectivity index (χ0n) is 12.9. The van der Waals surface area contributed by atoms with Crippen LogP contribution in [0.5, 0.6) is 0 Å². The van der Waals surface area contributed by atoms with Crippen LogP contribution < -0.4 is 5.32 Å². The molecule has 4 nitrogen and oxygen atoms in total. The highest BCUT2D eigenvalue weighted by molar-refractivity contribution is 5.82. The molecule has 0 bridgehead atoms. The number of benzene rings is 1. The lowest BCUT2D eigenvalue weighted by molar-refractivity contribution is -0.137. The lowest BCUT2D eigenvalue weighted by Crippen LogP contribution is -2.40. The maximum atomic E-state index is 14.2. The van der Waals surface area contributed by atoms with Gasteiger partial charge in [-0.3, -0.25) is 4.79 Å². The second kappa shape index (κ2) is 7.48. The third-order valence-corrected chi connectivity index (χ3v) is 4.23. The van der Waals surface area contributed by atoms with Crippen molar-refractivity contribution in [2.24, 2.45) is 5.41 Å². The van der Waals surface area contributed by atoms with Gasteiger partial charge in [0.05, 0.1) is 12.2 Å². The van der Waals surface area contributed by atoms with Crippen LogP contribution in [0.25, 0.3) is 0 Å². The van der Waals surface area contributed by atoms with Crippen LogP contribution in [0.2, 0.25) is 0 Å². The molecule has 2 N–H and O–H groups in total. The Kier molecular flexibility index (Phi) is 5.82. The van der Waals surface area contributed by atoms with E-state index in [2.05, 4.69) is 5.32 Å². The Morgan fingerprint density at radius 3 is 2.50 bits per heavy atom. The van der Waals surface area contributed by atoms with Gasteiger partial charge in [0, 0.05) is 25.2 Å². The van der Waals surface area contributed by atoms with Gasteiger partial charge < -0.3 is 15.2 Å². The summed E-state index contributed by atoms with van der Waals surface area (Å²) < 4.78 is 56.9. The van der Waals surface area contributed by atoms with Crippen LogP contribution in [0.4, 0.5) is 17.6 Å². The SMILES string of the molecule is O=C(NC[C@@]1(CCO)CCOC1)[C@@H](F)c1ccc(C(F)(F)F)cc1. The average Bonchev–Trinajstić information content (AvgIpc) is 3.00. The van der Waals surface area contributed by atoms with Crippen molar-refractivity contribution in [2.75, 3.05) is 26.4 Å². The van der Waals surface area contributed by atoms with E-state index in [4.69, 9.17) is 9.84 Å². The minimum Gasteiger partial charge on any atom is -0.396 e. The summed E-state index contributed by atoms with van der Waals surface area (Å²) in [5.41, 5.74) is -1.46. The molecule has 1 aliphatic heterocycles. The van der Waals surface area contributed by atoms with Crippen molar-refractivity contribution >= 4 is 5.91 Å². The summed E-state index contributed by atoms with van der Waals surface area (Å²) in [6.07, 6.45) is -5.50. The smallest absolute Gasteiger partial charge is 0.396 e. The molecule has 0 spiro atoms. The summed E-state index contributed by atoms with van der Waals surface area (Å²) in [5.74, 6) is -0.918. The second-order valence-corrected chi connectivity index (χ2v) is 5.98. The molecule has 1 saturated heterocycles. The van der Waals surface area contributed by atoms with E-state index in [-0.39, 0.29) is 18.7 Å². The number of alkyl halides is 4. The van der Waals surface area contributed by atoms with Gasteiger partial charge in [0.2, 0.25) is 6.17 Å². The molecule has 0 radical (unpaired) electrons. The molecule has 2 atom stereocenters. The molecule has 0 aliphatic carbocycles. The number of aliphatic hydroxyl groups is 1. The Hall–Kier alpha value is -1.67. The molecule has 0 saturated carbocycles. The minimum atomic E-state index is -4.51. The monoisotopic (exact) mass is 349 g/mol. The highest BCUT2D eigenvalue weighted by Gasteiger charge is 2.36. The molecule has 0 aromatic heterocycles. The van der Waals surface area contributed by atoms with Crippen molar-refractivity contribution in [3.63, 3.8) is 0 Å². The fourth-order valence-corrected chi connectivity index (χ4v) is 2.67. The van der Waals surface area contributed by atoms with E-state index in [1.165, 1.54) is 0 Å². The number of aliphatic hydroxyl groups excluding tert-OH is 1. The van der Waals surface area contributed by atoms with Crippen LogP contribution in [-0.2, 0) is 15.7 Å². The zero-order chi connectivity index (χ0) is 17.8. The molecule has 1 amide bonds. The summed E-state index contributed by atoms with van der Waals surface area (Å²) >= 11 is 0. The number of rotatable bonds is 6. The Bertz CT molecular complexity index is 553. The van der Waals surface area contributed by atoms with E-state index < -0.39 is 29.2 Å². The number of carbonyl (C=O) groups excluding carboxylic acids is 1. The predicted octanol–water partition coefficient (Wildman–Crippen LogP) is 2.62. The normalized spacial score (nSPS) is 22.4. The summed E-state index contributed by atoms with van der Waals surface area (Å²) in [6, 6.07) is 3.39. The number of ether oxygens (including phenoxy) is 1. The molecule has 1 heterocycles. The Balaban J connectivity index is 1.96. The fraction of sp³-hybridized carbons (Fsp3) is 0.562. The van der Waals surface area contributed by atoms with Crippen LogP contribution >= 0.6 is 0 Å². The van der Waals surface area contributed by atoms with Crippen molar-refractivity contribution in [2.45, 2.75) is 25.2 Å². The summed E-state index contributed by atoms with van der Waals surface area (Å²) in [7, 11) is 0. The van der Waals surface area contributed by atoms with Gasteiger partial charge in [-0.2, -0.15) is 13.2 Å². The third kappa shape index (κ3) is 4.45. The van der Waals surface area contributed by atoms with Crippen molar-refractivity contribution in [1.29, 1.82) is 0 Å². The molecular weight excluding hydrogens is 330 g/mol. The van der Waals surface area contributed by atoms with Crippen molar-refractivity contribution in [1.82, 2.24) is 5.32 Å². The van der Waals surface area contributed by atoms with E-state index in [1.807, 2.05) is 0 Å². The number of hydrogen-bond acceptors (Lipinski definition) is 3. The van der Waals surface area contributed by atoms with Gasteiger partial charge in [0.15, 0.2) is 0 Å². The van der Waals surface area contributed by atoms with Gasteiger partial charge in [-0.1, -0.05) is 12.1 Å². The topological polar surface area (TPSA) is 58.6 Å². The highest BCUT2D eigenvalue weighted by atomic mass is 19.4. The first kappa shape index (κ1) is 18.7. The summed E-state index contributed by atoms with van der Waals surface area (Å²) in [5, 5.41) is 11.6. The molecule has 134 valence electrons. The number of nitrogens with one attached hydrogen (secondary N) is 1. The average molecular weight is 349 g/mol. The van der Waals surface area contributed by atoms with E-state index in [0.29, 0.717) is 26.1 Å². The van der Waals surface area contributed by atoms with Gasteiger partial charge in [0.25, 0.3) is 5.91 Å². The van der Waals surface area contributed by atoms with Gasteiger partial charge >= 0.3 is 6.18 Å². The Morgan fingerprint density at radius 2 is 2.00 bits per heavy atom. The molecule has 2 rings (SSSR count). The summed E-state index contributed by atoms with van der Waals surface area (Å²) in [4.78, 5) is 11.9. The third-order valence-electron chi connectivity index (χ3n) is 4.23. The maximum absolute atomic E-state index is 14.2. The first-order valence-corrected chi connectivity index (χ1v) is 7.55. The first-order chi connectivity index (χ1) is 11.3. The highest BCUT2D eigenvalue weighted by Crippen LogP contribution is 2.32. The molecule has 24 heavy (non-hydrogen) atoms. The van der Waals surface area contributed by atoms with Crippen molar-refractivity contribution < 1.29 is 32.2 Å². The second-order valence-electron chi connectivity index (χ2n) is 5.98. The molecule has 8 heteroatoms. The molecule has 1 aromatic rings. The van der Waals surface area contributed by atoms with E-state index in [1.54, 1.807) is 0 Å². The molecule has 1 fully saturated rings. The van der Waals surface area contributed by atoms with Gasteiger partial charge in [-0.15, -0.1) is 0 Å². The van der Waals surface area contributed by atoms with E-state index in [9.17, 15) is 22.4 Å². The van der Waals surface area contributed by atoms with Crippen LogP contribution in [0, 0.1) is 5.41 Å². The van der Waals surface area contributed by atoms with Gasteiger partial charge in [0.1, 0.15) is 0 Å². The number of hydrogen-bond donors (Lipinski definition) is 2. The maximum Gasteiger partial charge on any atom is 0.416 e. The molecule has 0 unspecified atom stereocenters. The number of amides is 1. The Morgan fingerprint density at radius 1 is 1.33 bits per heavy atom. The van der Waals surface area contributed by atoms with Crippen molar-refractivity contribution in [3.05, 3.63) is 35.4 Å². The minimum absolute atomic E-state index is 0.0722. The quantitative estimate of drug-likeness (QED) is 0.777. The predicted molar refractivity (Wildman–Crippen MR) is 77.9 cm³/mol. The van der Waals surface area contributed by atoms with E-state index in [0.717, 1.165) is 24.3 Å². The summed E-state index contributed by atoms with van der Waals surface area (Å²) in [6.45, 7) is 0.948. The standard InChI is InChI=1S/C16H19F4NO3/c17-13(11-1-3-12(4-2-11)16(18,19)20)14(23)21-9-15(5-7-22)6-8-24-10-15/h1-4,13,22H,5-10H2,(H,21,23)/t13-,15+/m0/s1. The molecular formula is C16H19F4NO3.